The van der Waals surface area contributed by atoms with Gasteiger partial charge in [0.2, 0.25) is 0 Å². The van der Waals surface area contributed by atoms with Crippen molar-refractivity contribution in [3.8, 4) is 5.69 Å². The number of nitrogens with zero attached hydrogens (tertiary/aromatic N) is 3. The number of ether oxygens (including phenoxy) is 1. The number of aryl methyl sites for hydroxylation is 1. The van der Waals surface area contributed by atoms with Crippen molar-refractivity contribution >= 4 is 39.4 Å². The lowest BCUT2D eigenvalue weighted by Crippen LogP contribution is -2.15. The number of aromatic nitrogens is 3. The van der Waals surface area contributed by atoms with E-state index in [2.05, 4.69) is 15.3 Å². The fraction of sp³-hybridized carbons (Fsp3) is 0.217. The van der Waals surface area contributed by atoms with E-state index >= 15 is 0 Å². The maximum atomic E-state index is 12.8. The first-order valence-corrected chi connectivity index (χ1v) is 11.0. The van der Waals surface area contributed by atoms with Crippen molar-refractivity contribution in [2.75, 3.05) is 11.9 Å². The standard InChI is InChI=1S/C23H20N4O3S/c1-2-30-22(29)16-9-11-19-20(16)25-23(31-19)26-21(28)14-8-10-18-17(12-14)24-13-27(18)15-6-4-3-5-7-15/h3-8,10,12-13,16H,2,9,11H2,1H3,(H,25,26,28). The molecule has 0 radical (unpaired) electrons. The molecule has 31 heavy (non-hydrogen) atoms. The zero-order valence-corrected chi connectivity index (χ0v) is 17.7. The first-order valence-electron chi connectivity index (χ1n) is 10.1. The third-order valence-corrected chi connectivity index (χ3v) is 6.40. The lowest BCUT2D eigenvalue weighted by Gasteiger charge is -2.08. The minimum absolute atomic E-state index is 0.246. The number of hydrogen-bond acceptors (Lipinski definition) is 6. The summed E-state index contributed by atoms with van der Waals surface area (Å²) in [6.07, 6.45) is 3.24. The molecule has 1 amide bonds. The van der Waals surface area contributed by atoms with Gasteiger partial charge in [0.25, 0.3) is 5.91 Å². The number of rotatable bonds is 5. The molecule has 1 unspecified atom stereocenters. The Balaban J connectivity index is 1.36. The van der Waals surface area contributed by atoms with Crippen LogP contribution in [0.4, 0.5) is 5.13 Å². The van der Waals surface area contributed by atoms with E-state index in [9.17, 15) is 9.59 Å². The van der Waals surface area contributed by atoms with Crippen molar-refractivity contribution in [3.63, 3.8) is 0 Å². The molecule has 0 fully saturated rings. The lowest BCUT2D eigenvalue weighted by molar-refractivity contribution is -0.145. The summed E-state index contributed by atoms with van der Waals surface area (Å²) >= 11 is 1.42. The predicted molar refractivity (Wildman–Crippen MR) is 119 cm³/mol. The number of amides is 1. The molecule has 5 rings (SSSR count). The van der Waals surface area contributed by atoms with E-state index in [4.69, 9.17) is 4.74 Å². The van der Waals surface area contributed by atoms with E-state index in [1.807, 2.05) is 41.0 Å². The van der Waals surface area contributed by atoms with E-state index in [0.29, 0.717) is 23.7 Å². The van der Waals surface area contributed by atoms with Crippen LogP contribution in [0.2, 0.25) is 0 Å². The number of fused-ring (bicyclic) bond motifs is 2. The van der Waals surface area contributed by atoms with Gasteiger partial charge in [-0.3, -0.25) is 19.5 Å². The van der Waals surface area contributed by atoms with Crippen molar-refractivity contribution in [2.45, 2.75) is 25.7 Å². The molecule has 1 aliphatic carbocycles. The maximum absolute atomic E-state index is 12.8. The number of esters is 1. The molecule has 2 aromatic carbocycles. The summed E-state index contributed by atoms with van der Waals surface area (Å²) in [5.41, 5.74) is 3.91. The van der Waals surface area contributed by atoms with E-state index in [1.54, 1.807) is 25.4 Å². The van der Waals surface area contributed by atoms with Crippen LogP contribution in [0, 0.1) is 0 Å². The molecule has 0 aliphatic heterocycles. The molecular weight excluding hydrogens is 412 g/mol. The van der Waals surface area contributed by atoms with Crippen molar-refractivity contribution in [2.24, 2.45) is 0 Å². The Kier molecular flexibility index (Phi) is 4.99. The lowest BCUT2D eigenvalue weighted by atomic mass is 10.1. The van der Waals surface area contributed by atoms with Crippen LogP contribution in [0.5, 0.6) is 0 Å². The molecule has 156 valence electrons. The highest BCUT2D eigenvalue weighted by Gasteiger charge is 2.33. The third kappa shape index (κ3) is 3.59. The third-order valence-electron chi connectivity index (χ3n) is 5.35. The Morgan fingerprint density at radius 3 is 2.87 bits per heavy atom. The molecule has 2 heterocycles. The van der Waals surface area contributed by atoms with Crippen LogP contribution in [-0.4, -0.2) is 33.0 Å². The number of imidazole rings is 1. The second kappa shape index (κ2) is 7.96. The first kappa shape index (κ1) is 19.4. The molecule has 0 saturated heterocycles. The summed E-state index contributed by atoms with van der Waals surface area (Å²) in [7, 11) is 0. The van der Waals surface area contributed by atoms with Gasteiger partial charge in [-0.1, -0.05) is 18.2 Å². The number of thiazole rings is 1. The molecule has 4 aromatic rings. The van der Waals surface area contributed by atoms with Crippen LogP contribution in [0.1, 0.15) is 40.2 Å². The number of hydrogen-bond donors (Lipinski definition) is 1. The van der Waals surface area contributed by atoms with Gasteiger partial charge in [0, 0.05) is 16.1 Å². The van der Waals surface area contributed by atoms with E-state index in [1.165, 1.54) is 11.3 Å². The Labute approximate surface area is 182 Å². The highest BCUT2D eigenvalue weighted by Crippen LogP contribution is 2.39. The van der Waals surface area contributed by atoms with Crippen LogP contribution >= 0.6 is 11.3 Å². The molecular formula is C23H20N4O3S. The van der Waals surface area contributed by atoms with Gasteiger partial charge in [-0.15, -0.1) is 11.3 Å². The summed E-state index contributed by atoms with van der Waals surface area (Å²) in [6.45, 7) is 2.14. The minimum atomic E-state index is -0.338. The van der Waals surface area contributed by atoms with Gasteiger partial charge in [-0.2, -0.15) is 0 Å². The minimum Gasteiger partial charge on any atom is -0.465 e. The SMILES string of the molecule is CCOC(=O)C1CCc2sc(NC(=O)c3ccc4c(c3)ncn4-c3ccccc3)nc21. The number of nitrogens with one attached hydrogen (secondary N) is 1. The zero-order chi connectivity index (χ0) is 21.4. The zero-order valence-electron chi connectivity index (χ0n) is 16.9. The Morgan fingerprint density at radius 2 is 2.06 bits per heavy atom. The number of carbonyl (C=O) groups is 2. The number of para-hydroxylation sites is 1. The summed E-state index contributed by atoms with van der Waals surface area (Å²) < 4.78 is 7.13. The van der Waals surface area contributed by atoms with Crippen LogP contribution in [0.15, 0.2) is 54.9 Å². The van der Waals surface area contributed by atoms with Gasteiger partial charge in [-0.25, -0.2) is 9.97 Å². The smallest absolute Gasteiger partial charge is 0.315 e. The van der Waals surface area contributed by atoms with Gasteiger partial charge >= 0.3 is 5.97 Å². The van der Waals surface area contributed by atoms with Crippen molar-refractivity contribution in [1.29, 1.82) is 0 Å². The normalized spacial score (nSPS) is 15.1. The second-order valence-corrected chi connectivity index (χ2v) is 8.36. The molecule has 7 nitrogen and oxygen atoms in total. The van der Waals surface area contributed by atoms with Gasteiger partial charge in [-0.05, 0) is 50.1 Å². The molecule has 2 aromatic heterocycles. The van der Waals surface area contributed by atoms with Crippen LogP contribution < -0.4 is 5.32 Å². The molecule has 0 saturated carbocycles. The highest BCUT2D eigenvalue weighted by atomic mass is 32.1. The average molecular weight is 433 g/mol. The van der Waals surface area contributed by atoms with Crippen molar-refractivity contribution < 1.29 is 14.3 Å². The molecule has 0 spiro atoms. The van der Waals surface area contributed by atoms with Gasteiger partial charge in [0.1, 0.15) is 12.2 Å². The van der Waals surface area contributed by atoms with Crippen LogP contribution in [0.25, 0.3) is 16.7 Å². The largest absolute Gasteiger partial charge is 0.465 e. The molecule has 8 heteroatoms. The van der Waals surface area contributed by atoms with E-state index in [0.717, 1.165) is 33.7 Å². The quantitative estimate of drug-likeness (QED) is 0.475. The van der Waals surface area contributed by atoms with Crippen LogP contribution in [0.3, 0.4) is 0 Å². The van der Waals surface area contributed by atoms with Crippen molar-refractivity contribution in [3.05, 3.63) is 71.0 Å². The first-order chi connectivity index (χ1) is 15.1. The predicted octanol–water partition coefficient (Wildman–Crippen LogP) is 4.33. The summed E-state index contributed by atoms with van der Waals surface area (Å²) in [5, 5.41) is 3.36. The monoisotopic (exact) mass is 432 g/mol. The maximum Gasteiger partial charge on any atom is 0.315 e. The molecule has 1 atom stereocenters. The highest BCUT2D eigenvalue weighted by molar-refractivity contribution is 7.16. The Hall–Kier alpha value is -3.52. The van der Waals surface area contributed by atoms with E-state index in [-0.39, 0.29) is 17.8 Å². The molecule has 1 aliphatic rings. The van der Waals surface area contributed by atoms with Gasteiger partial charge < -0.3 is 4.74 Å². The number of anilines is 1. The molecule has 1 N–H and O–H groups in total. The Bertz CT molecular complexity index is 1280. The Morgan fingerprint density at radius 1 is 1.23 bits per heavy atom. The summed E-state index contributed by atoms with van der Waals surface area (Å²) in [4.78, 5) is 34.9. The van der Waals surface area contributed by atoms with Crippen LogP contribution in [-0.2, 0) is 16.0 Å². The second-order valence-electron chi connectivity index (χ2n) is 7.28. The topological polar surface area (TPSA) is 86.1 Å². The van der Waals surface area contributed by atoms with Crippen molar-refractivity contribution in [1.82, 2.24) is 14.5 Å². The van der Waals surface area contributed by atoms with E-state index < -0.39 is 0 Å². The molecule has 0 bridgehead atoms. The fourth-order valence-corrected chi connectivity index (χ4v) is 4.90. The van der Waals surface area contributed by atoms with Gasteiger partial charge in [0.05, 0.1) is 23.3 Å². The fourth-order valence-electron chi connectivity index (χ4n) is 3.87. The summed E-state index contributed by atoms with van der Waals surface area (Å²) in [5.74, 6) is -0.838. The number of benzene rings is 2. The summed E-state index contributed by atoms with van der Waals surface area (Å²) in [6, 6.07) is 15.4. The number of carbonyl (C=O) groups excluding carboxylic acids is 2. The van der Waals surface area contributed by atoms with Gasteiger partial charge in [0.15, 0.2) is 5.13 Å². The average Bonchev–Trinajstić information content (AvgIpc) is 3.47.